The average Bonchev–Trinajstić information content (AvgIpc) is 3.39. The van der Waals surface area contributed by atoms with E-state index in [1.807, 2.05) is 6.07 Å². The number of nitrogens with zero attached hydrogens (tertiary/aromatic N) is 3. The quantitative estimate of drug-likeness (QED) is 0.274. The van der Waals surface area contributed by atoms with E-state index in [9.17, 15) is 22.4 Å². The first-order valence-corrected chi connectivity index (χ1v) is 11.9. The van der Waals surface area contributed by atoms with Crippen molar-refractivity contribution in [3.8, 4) is 6.07 Å². The van der Waals surface area contributed by atoms with Gasteiger partial charge < -0.3 is 9.64 Å². The minimum Gasteiger partial charge on any atom is -0.362 e. The molecule has 2 aromatic carbocycles. The van der Waals surface area contributed by atoms with Gasteiger partial charge in [-0.1, -0.05) is 35.3 Å². The Hall–Kier alpha value is -2.32. The van der Waals surface area contributed by atoms with Crippen LogP contribution in [-0.2, 0) is 26.5 Å². The Morgan fingerprint density at radius 2 is 1.91 bits per heavy atom. The first kappa shape index (κ1) is 24.4. The third-order valence-electron chi connectivity index (χ3n) is 6.54. The number of hydrogen-bond donors (Lipinski definition) is 0. The van der Waals surface area contributed by atoms with E-state index in [1.54, 1.807) is 23.1 Å². The zero-order chi connectivity index (χ0) is 25.2. The van der Waals surface area contributed by atoms with Crippen molar-refractivity contribution in [1.29, 1.82) is 5.26 Å². The van der Waals surface area contributed by atoms with E-state index in [0.29, 0.717) is 30.6 Å². The second-order valence-electron chi connectivity index (χ2n) is 8.62. The molecule has 0 aromatic heterocycles. The number of rotatable bonds is 3. The fourth-order valence-electron chi connectivity index (χ4n) is 4.67. The molecule has 2 aromatic rings. The van der Waals surface area contributed by atoms with Crippen molar-refractivity contribution in [1.82, 2.24) is 4.90 Å². The molecule has 5 rings (SSSR count). The van der Waals surface area contributed by atoms with Gasteiger partial charge in [-0.05, 0) is 52.4 Å². The number of fused-ring (bicyclic) bond motifs is 2. The molecule has 35 heavy (non-hydrogen) atoms. The van der Waals surface area contributed by atoms with Gasteiger partial charge in [0.2, 0.25) is 5.91 Å². The van der Waals surface area contributed by atoms with E-state index in [-0.39, 0.29) is 30.2 Å². The van der Waals surface area contributed by atoms with Gasteiger partial charge in [0.25, 0.3) is 0 Å². The first-order chi connectivity index (χ1) is 16.5. The van der Waals surface area contributed by atoms with Gasteiger partial charge in [-0.25, -0.2) is 8.79 Å². The number of likely N-dealkylation sites (tertiary alicyclic amines) is 1. The molecule has 3 heterocycles. The Bertz CT molecular complexity index is 1300. The molecule has 1 amide bonds. The molecule has 182 valence electrons. The molecule has 0 unspecified atom stereocenters. The van der Waals surface area contributed by atoms with Crippen molar-refractivity contribution in [2.24, 2.45) is 4.40 Å². The highest BCUT2D eigenvalue weighted by Gasteiger charge is 2.60. The molecular formula is C23H15Cl2F4N3O2S. The highest BCUT2D eigenvalue weighted by molar-refractivity contribution is 7.99. The smallest absolute Gasteiger partial charge is 0.362 e. The summed E-state index contributed by atoms with van der Waals surface area (Å²) in [7, 11) is 0. The number of alkyl halides is 3. The van der Waals surface area contributed by atoms with Crippen LogP contribution in [0.1, 0.15) is 35.1 Å². The predicted octanol–water partition coefficient (Wildman–Crippen LogP) is 5.91. The standard InChI is InChI=1S/C23H15Cl2F4N3O2S/c24-16-6-14(7-17(25)20(16)26)22(23(27,28)29)8-18(31-35-22)12-1-2-15-13(5-12)9-34-21(15)10-32(11-21)19(33)3-4-30/h1-2,5-7H,3,8-11H2/t22-/m0/s1. The Kier molecular flexibility index (Phi) is 5.83. The van der Waals surface area contributed by atoms with Crippen molar-refractivity contribution in [3.63, 3.8) is 0 Å². The number of nitriles is 1. The molecule has 3 aliphatic heterocycles. The number of halogens is 6. The number of hydrogen-bond acceptors (Lipinski definition) is 5. The topological polar surface area (TPSA) is 65.7 Å². The second kappa shape index (κ2) is 8.37. The predicted molar refractivity (Wildman–Crippen MR) is 123 cm³/mol. The molecule has 0 radical (unpaired) electrons. The van der Waals surface area contributed by atoms with Crippen LogP contribution in [0.5, 0.6) is 0 Å². The van der Waals surface area contributed by atoms with E-state index in [0.717, 1.165) is 23.3 Å². The maximum atomic E-state index is 14.3. The summed E-state index contributed by atoms with van der Waals surface area (Å²) in [6.07, 6.45) is -5.41. The van der Waals surface area contributed by atoms with Crippen molar-refractivity contribution in [3.05, 3.63) is 68.4 Å². The van der Waals surface area contributed by atoms with Crippen LogP contribution in [0.4, 0.5) is 17.6 Å². The van der Waals surface area contributed by atoms with Gasteiger partial charge in [-0.3, -0.25) is 4.79 Å². The van der Waals surface area contributed by atoms with Crippen molar-refractivity contribution >= 4 is 46.8 Å². The summed E-state index contributed by atoms with van der Waals surface area (Å²) in [5.74, 6) is -1.25. The zero-order valence-electron chi connectivity index (χ0n) is 17.8. The SMILES string of the molecule is N#CCC(=O)N1CC2(C1)OCc1cc(C3=NS[C@@](c4cc(Cl)c(F)c(Cl)c4)(C(F)(F)F)C3)ccc12. The van der Waals surface area contributed by atoms with Crippen LogP contribution in [0.2, 0.25) is 10.0 Å². The molecule has 1 fully saturated rings. The largest absolute Gasteiger partial charge is 0.409 e. The third kappa shape index (κ3) is 3.80. The number of carbonyl (C=O) groups excluding carboxylic acids is 1. The molecule has 3 aliphatic rings. The number of amides is 1. The summed E-state index contributed by atoms with van der Waals surface area (Å²) >= 11 is 11.9. The van der Waals surface area contributed by atoms with E-state index in [4.69, 9.17) is 33.2 Å². The number of benzene rings is 2. The van der Waals surface area contributed by atoms with Crippen LogP contribution in [-0.4, -0.2) is 35.8 Å². The lowest BCUT2D eigenvalue weighted by Crippen LogP contribution is -2.61. The number of carbonyl (C=O) groups is 1. The highest BCUT2D eigenvalue weighted by Crippen LogP contribution is 2.57. The molecular weight excluding hydrogens is 529 g/mol. The van der Waals surface area contributed by atoms with E-state index in [1.165, 1.54) is 0 Å². The van der Waals surface area contributed by atoms with Gasteiger partial charge in [0, 0.05) is 6.42 Å². The maximum Gasteiger partial charge on any atom is 0.409 e. The average molecular weight is 544 g/mol. The molecule has 0 bridgehead atoms. The van der Waals surface area contributed by atoms with Crippen LogP contribution in [0.3, 0.4) is 0 Å². The lowest BCUT2D eigenvalue weighted by Gasteiger charge is -2.47. The fraction of sp³-hybridized carbons (Fsp3) is 0.348. The minimum absolute atomic E-state index is 0.204. The summed E-state index contributed by atoms with van der Waals surface area (Å²) < 4.78 is 64.5. The summed E-state index contributed by atoms with van der Waals surface area (Å²) in [6, 6.07) is 8.94. The van der Waals surface area contributed by atoms with E-state index in [2.05, 4.69) is 4.40 Å². The molecule has 1 atom stereocenters. The van der Waals surface area contributed by atoms with Gasteiger partial charge in [0.15, 0.2) is 10.6 Å². The molecule has 12 heteroatoms. The normalized spacial score (nSPS) is 22.5. The van der Waals surface area contributed by atoms with Crippen LogP contribution < -0.4 is 0 Å². The summed E-state index contributed by atoms with van der Waals surface area (Å²) in [5.41, 5.74) is 1.48. The summed E-state index contributed by atoms with van der Waals surface area (Å²) in [4.78, 5) is 13.5. The second-order valence-corrected chi connectivity index (χ2v) is 10.5. The van der Waals surface area contributed by atoms with Crippen LogP contribution in [0.25, 0.3) is 0 Å². The number of ether oxygens (including phenoxy) is 1. The van der Waals surface area contributed by atoms with Crippen LogP contribution >= 0.6 is 35.1 Å². The van der Waals surface area contributed by atoms with Gasteiger partial charge in [0.05, 0.1) is 41.5 Å². The Morgan fingerprint density at radius 3 is 2.54 bits per heavy atom. The Morgan fingerprint density at radius 1 is 1.23 bits per heavy atom. The van der Waals surface area contributed by atoms with Crippen LogP contribution in [0.15, 0.2) is 34.7 Å². The van der Waals surface area contributed by atoms with Gasteiger partial charge in [-0.15, -0.1) is 0 Å². The zero-order valence-corrected chi connectivity index (χ0v) is 20.1. The fourth-order valence-corrected chi connectivity index (χ4v) is 6.12. The summed E-state index contributed by atoms with van der Waals surface area (Å²) in [5, 5.41) is 7.73. The summed E-state index contributed by atoms with van der Waals surface area (Å²) in [6.45, 7) is 0.886. The molecule has 0 N–H and O–H groups in total. The molecule has 0 aliphatic carbocycles. The Balaban J connectivity index is 1.41. The van der Waals surface area contributed by atoms with Gasteiger partial charge in [-0.2, -0.15) is 18.4 Å². The molecule has 1 saturated heterocycles. The van der Waals surface area contributed by atoms with E-state index < -0.39 is 38.8 Å². The molecule has 0 saturated carbocycles. The van der Waals surface area contributed by atoms with Crippen molar-refractivity contribution < 1.29 is 27.1 Å². The lowest BCUT2D eigenvalue weighted by atomic mass is 9.83. The first-order valence-electron chi connectivity index (χ1n) is 10.4. The monoisotopic (exact) mass is 543 g/mol. The molecule has 5 nitrogen and oxygen atoms in total. The Labute approximate surface area is 211 Å². The van der Waals surface area contributed by atoms with Gasteiger partial charge >= 0.3 is 6.18 Å². The third-order valence-corrected chi connectivity index (χ3v) is 8.33. The van der Waals surface area contributed by atoms with Crippen molar-refractivity contribution in [2.75, 3.05) is 13.1 Å². The van der Waals surface area contributed by atoms with Gasteiger partial charge in [0.1, 0.15) is 12.0 Å². The van der Waals surface area contributed by atoms with E-state index >= 15 is 0 Å². The molecule has 1 spiro atoms. The highest BCUT2D eigenvalue weighted by atomic mass is 35.5. The minimum atomic E-state index is -4.72. The maximum absolute atomic E-state index is 14.3. The lowest BCUT2D eigenvalue weighted by molar-refractivity contribution is -0.167. The van der Waals surface area contributed by atoms with Crippen LogP contribution in [0, 0.1) is 17.1 Å². The van der Waals surface area contributed by atoms with Crippen molar-refractivity contribution in [2.45, 2.75) is 36.0 Å².